The Balaban J connectivity index is 1.67. The van der Waals surface area contributed by atoms with Crippen molar-refractivity contribution >= 4 is 44.5 Å². The normalized spacial score (nSPS) is 12.6. The Morgan fingerprint density at radius 3 is 2.25 bits per heavy atom. The van der Waals surface area contributed by atoms with E-state index in [1.807, 2.05) is 31.3 Å². The summed E-state index contributed by atoms with van der Waals surface area (Å²) in [5.74, 6) is 0. The Hall–Kier alpha value is -2.14. The summed E-state index contributed by atoms with van der Waals surface area (Å²) in [5, 5.41) is 12.8. The van der Waals surface area contributed by atoms with Gasteiger partial charge in [0.05, 0.1) is 11.2 Å². The molecule has 1 aromatic heterocycles. The predicted molar refractivity (Wildman–Crippen MR) is 122 cm³/mol. The van der Waals surface area contributed by atoms with Crippen LogP contribution in [0.2, 0.25) is 0 Å². The Morgan fingerprint density at radius 2 is 1.54 bits per heavy atom. The van der Waals surface area contributed by atoms with Gasteiger partial charge in [-0.05, 0) is 56.3 Å². The lowest BCUT2D eigenvalue weighted by molar-refractivity contribution is -0.0893. The maximum atomic E-state index is 10.3. The number of thiophene rings is 1. The average molecular weight is 387 g/mol. The van der Waals surface area contributed by atoms with Crippen LogP contribution in [0, 0.1) is 0 Å². The Morgan fingerprint density at radius 1 is 0.786 bits per heavy atom. The molecule has 4 heteroatoms. The van der Waals surface area contributed by atoms with Crippen LogP contribution >= 0.6 is 11.3 Å². The van der Waals surface area contributed by atoms with Gasteiger partial charge in [-0.15, -0.1) is 11.3 Å². The van der Waals surface area contributed by atoms with Crippen LogP contribution in [0.4, 0.5) is 0 Å². The molecule has 4 aromatic rings. The molecular formula is C24H24BO2S. The summed E-state index contributed by atoms with van der Waals surface area (Å²) in [6.45, 7) is 7.32. The highest BCUT2D eigenvalue weighted by Gasteiger charge is 2.35. The van der Waals surface area contributed by atoms with Gasteiger partial charge >= 0.3 is 7.48 Å². The van der Waals surface area contributed by atoms with Crippen molar-refractivity contribution in [3.05, 3.63) is 66.7 Å². The van der Waals surface area contributed by atoms with Gasteiger partial charge in [-0.3, -0.25) is 0 Å². The molecule has 0 bridgehead atoms. The number of aliphatic hydroxyl groups is 1. The van der Waals surface area contributed by atoms with Crippen LogP contribution in [0.25, 0.3) is 31.3 Å². The van der Waals surface area contributed by atoms with E-state index in [-0.39, 0.29) is 0 Å². The summed E-state index contributed by atoms with van der Waals surface area (Å²) in [5.41, 5.74) is 1.86. The lowest BCUT2D eigenvalue weighted by atomic mass is 9.82. The van der Waals surface area contributed by atoms with E-state index in [4.69, 9.17) is 4.65 Å². The first kappa shape index (κ1) is 19.2. The maximum absolute atomic E-state index is 10.3. The SMILES string of the molecule is CC(C)(O)C(C)(C)O[B]c1ccc2sc3cc(-c4ccccc4)ccc3c2c1. The standard InChI is InChI=1S/C24H24BO2S/c1-23(2,26)24(3,4)27-25-18-11-13-21-20(15-18)19-12-10-17(14-22(19)28-21)16-8-6-5-7-9-16/h5-15,26H,1-4H3. The van der Waals surface area contributed by atoms with Crippen LogP contribution in [0.3, 0.4) is 0 Å². The molecule has 28 heavy (non-hydrogen) atoms. The third kappa shape index (κ3) is 3.60. The van der Waals surface area contributed by atoms with Crippen LogP contribution < -0.4 is 5.46 Å². The third-order valence-corrected chi connectivity index (χ3v) is 6.70. The van der Waals surface area contributed by atoms with Crippen LogP contribution in [-0.2, 0) is 4.65 Å². The van der Waals surface area contributed by atoms with Crippen LogP contribution in [-0.4, -0.2) is 23.8 Å². The Kier molecular flexibility index (Phi) is 4.82. The monoisotopic (exact) mass is 387 g/mol. The molecule has 0 unspecified atom stereocenters. The minimum Gasteiger partial charge on any atom is -0.427 e. The Labute approximate surface area is 171 Å². The first-order chi connectivity index (χ1) is 13.2. The third-order valence-electron chi connectivity index (χ3n) is 5.57. The van der Waals surface area contributed by atoms with E-state index in [0.717, 1.165) is 5.46 Å². The van der Waals surface area contributed by atoms with Crippen molar-refractivity contribution < 1.29 is 9.76 Å². The van der Waals surface area contributed by atoms with E-state index < -0.39 is 11.2 Å². The van der Waals surface area contributed by atoms with E-state index in [0.29, 0.717) is 0 Å². The van der Waals surface area contributed by atoms with Crippen LogP contribution in [0.15, 0.2) is 66.7 Å². The maximum Gasteiger partial charge on any atom is 0.330 e. The number of hydrogen-bond acceptors (Lipinski definition) is 3. The molecule has 2 nitrogen and oxygen atoms in total. The van der Waals surface area contributed by atoms with E-state index in [1.54, 1.807) is 21.3 Å². The van der Waals surface area contributed by atoms with Gasteiger partial charge in [-0.1, -0.05) is 60.1 Å². The molecule has 1 heterocycles. The van der Waals surface area contributed by atoms with Gasteiger partial charge in [0.15, 0.2) is 0 Å². The molecule has 1 N–H and O–H groups in total. The first-order valence-corrected chi connectivity index (χ1v) is 10.3. The molecular weight excluding hydrogens is 363 g/mol. The number of rotatable bonds is 5. The molecule has 0 saturated carbocycles. The molecule has 0 aliphatic rings. The van der Waals surface area contributed by atoms with Gasteiger partial charge in [-0.2, -0.15) is 0 Å². The Bertz CT molecular complexity index is 1120. The smallest absolute Gasteiger partial charge is 0.330 e. The highest BCUT2D eigenvalue weighted by atomic mass is 32.1. The van der Waals surface area contributed by atoms with Crippen molar-refractivity contribution in [1.82, 2.24) is 0 Å². The molecule has 0 fully saturated rings. The molecule has 0 atom stereocenters. The summed E-state index contributed by atoms with van der Waals surface area (Å²) >= 11 is 1.81. The van der Waals surface area contributed by atoms with Crippen molar-refractivity contribution in [3.63, 3.8) is 0 Å². The predicted octanol–water partition coefficient (Wildman–Crippen LogP) is 5.53. The van der Waals surface area contributed by atoms with Crippen LogP contribution in [0.1, 0.15) is 27.7 Å². The topological polar surface area (TPSA) is 29.5 Å². The molecule has 141 valence electrons. The molecule has 0 aliphatic carbocycles. The van der Waals surface area contributed by atoms with Gasteiger partial charge in [0.25, 0.3) is 0 Å². The molecule has 0 aliphatic heterocycles. The fraction of sp³-hybridized carbons (Fsp3) is 0.250. The zero-order valence-corrected chi connectivity index (χ0v) is 17.5. The van der Waals surface area contributed by atoms with Gasteiger partial charge < -0.3 is 9.76 Å². The van der Waals surface area contributed by atoms with E-state index in [1.165, 1.54) is 31.3 Å². The fourth-order valence-corrected chi connectivity index (χ4v) is 4.16. The number of hydrogen-bond donors (Lipinski definition) is 1. The molecule has 0 amide bonds. The summed E-state index contributed by atoms with van der Waals surface area (Å²) in [6.07, 6.45) is 0. The van der Waals surface area contributed by atoms with Crippen molar-refractivity contribution in [2.75, 3.05) is 0 Å². The lowest BCUT2D eigenvalue weighted by Gasteiger charge is -2.37. The van der Waals surface area contributed by atoms with Crippen molar-refractivity contribution in [2.24, 2.45) is 0 Å². The first-order valence-electron chi connectivity index (χ1n) is 9.50. The zero-order valence-electron chi connectivity index (χ0n) is 16.7. The van der Waals surface area contributed by atoms with Gasteiger partial charge in [0.1, 0.15) is 0 Å². The summed E-state index contributed by atoms with van der Waals surface area (Å²) in [4.78, 5) is 0. The highest BCUT2D eigenvalue weighted by molar-refractivity contribution is 7.25. The highest BCUT2D eigenvalue weighted by Crippen LogP contribution is 2.36. The summed E-state index contributed by atoms with van der Waals surface area (Å²) in [6, 6.07) is 23.5. The van der Waals surface area contributed by atoms with Crippen molar-refractivity contribution in [2.45, 2.75) is 38.9 Å². The number of fused-ring (bicyclic) bond motifs is 3. The van der Waals surface area contributed by atoms with Crippen molar-refractivity contribution in [3.8, 4) is 11.1 Å². The molecule has 0 spiro atoms. The van der Waals surface area contributed by atoms with E-state index in [2.05, 4.69) is 60.7 Å². The summed E-state index contributed by atoms with van der Waals surface area (Å²) < 4.78 is 8.47. The summed E-state index contributed by atoms with van der Waals surface area (Å²) in [7, 11) is 1.75. The van der Waals surface area contributed by atoms with E-state index >= 15 is 0 Å². The second kappa shape index (κ2) is 7.04. The van der Waals surface area contributed by atoms with Crippen LogP contribution in [0.5, 0.6) is 0 Å². The average Bonchev–Trinajstić information content (AvgIpc) is 3.03. The van der Waals surface area contributed by atoms with E-state index in [9.17, 15) is 5.11 Å². The number of benzene rings is 3. The second-order valence-corrected chi connectivity index (χ2v) is 9.32. The largest absolute Gasteiger partial charge is 0.427 e. The second-order valence-electron chi connectivity index (χ2n) is 8.24. The molecule has 1 radical (unpaired) electrons. The fourth-order valence-electron chi connectivity index (χ4n) is 3.04. The minimum absolute atomic E-state index is 0.677. The molecule has 3 aromatic carbocycles. The molecule has 0 saturated heterocycles. The zero-order chi connectivity index (χ0) is 19.9. The van der Waals surface area contributed by atoms with Gasteiger partial charge in [0.2, 0.25) is 0 Å². The molecule has 4 rings (SSSR count). The quantitative estimate of drug-likeness (QED) is 0.456. The van der Waals surface area contributed by atoms with Gasteiger partial charge in [-0.25, -0.2) is 0 Å². The van der Waals surface area contributed by atoms with Gasteiger partial charge in [0, 0.05) is 14.8 Å². The lowest BCUT2D eigenvalue weighted by Crippen LogP contribution is -2.49. The van der Waals surface area contributed by atoms with Crippen molar-refractivity contribution in [1.29, 1.82) is 0 Å². The minimum atomic E-state index is -0.934.